The van der Waals surface area contributed by atoms with Gasteiger partial charge in [-0.2, -0.15) is 0 Å². The molecule has 0 spiro atoms. The van der Waals surface area contributed by atoms with Gasteiger partial charge in [0.25, 0.3) is 0 Å². The van der Waals surface area contributed by atoms with E-state index in [1.165, 1.54) is 5.56 Å². The Kier molecular flexibility index (Phi) is 13.9. The number of amidine groups is 2. The van der Waals surface area contributed by atoms with Crippen LogP contribution in [0.4, 0.5) is 0 Å². The van der Waals surface area contributed by atoms with Crippen molar-refractivity contribution in [1.29, 1.82) is 0 Å². The first kappa shape index (κ1) is 28.4. The van der Waals surface area contributed by atoms with Gasteiger partial charge >= 0.3 is 0 Å². The van der Waals surface area contributed by atoms with E-state index in [1.807, 2.05) is 94.4 Å². The second kappa shape index (κ2) is 17.6. The molecule has 0 unspecified atom stereocenters. The minimum atomic E-state index is 0.504. The summed E-state index contributed by atoms with van der Waals surface area (Å²) >= 11 is 0. The number of aliphatic imine (C=N–C) groups is 2. The van der Waals surface area contributed by atoms with Crippen LogP contribution in [-0.2, 0) is 0 Å². The minimum Gasteiger partial charge on any atom is -0.486 e. The smallest absolute Gasteiger partial charge is 0.145 e. The van der Waals surface area contributed by atoms with Crippen molar-refractivity contribution in [3.8, 4) is 22.6 Å². The van der Waals surface area contributed by atoms with Gasteiger partial charge < -0.3 is 20.1 Å². The van der Waals surface area contributed by atoms with Crippen LogP contribution in [0.25, 0.3) is 11.1 Å². The van der Waals surface area contributed by atoms with Crippen molar-refractivity contribution in [1.82, 2.24) is 10.6 Å². The van der Waals surface area contributed by atoms with E-state index in [-0.39, 0.29) is 0 Å². The van der Waals surface area contributed by atoms with Crippen LogP contribution in [0.15, 0.2) is 94.9 Å². The SMILES string of the molecule is CC.CC.c1ccc(-c2ccccc2OCC2=NCCN2)cc1.c1ccc(OCC2=NCCN2)cc1. The van der Waals surface area contributed by atoms with Gasteiger partial charge in [0.2, 0.25) is 0 Å². The molecule has 3 aromatic carbocycles. The fraction of sp³-hybridized carbons (Fsp3) is 0.333. The molecule has 36 heavy (non-hydrogen) atoms. The van der Waals surface area contributed by atoms with Crippen LogP contribution in [-0.4, -0.2) is 51.1 Å². The predicted octanol–water partition coefficient (Wildman–Crippen LogP) is 5.85. The van der Waals surface area contributed by atoms with Gasteiger partial charge in [0.1, 0.15) is 36.4 Å². The third kappa shape index (κ3) is 9.82. The molecule has 2 aliphatic rings. The molecular weight excluding hydrogens is 448 g/mol. The predicted molar refractivity (Wildman–Crippen MR) is 153 cm³/mol. The zero-order valence-corrected chi connectivity index (χ0v) is 22.0. The van der Waals surface area contributed by atoms with Gasteiger partial charge in [-0.25, -0.2) is 0 Å². The summed E-state index contributed by atoms with van der Waals surface area (Å²) in [4.78, 5) is 8.57. The minimum absolute atomic E-state index is 0.504. The molecule has 3 aromatic rings. The Bertz CT molecular complexity index is 1040. The quantitative estimate of drug-likeness (QED) is 0.438. The summed E-state index contributed by atoms with van der Waals surface area (Å²) in [6.45, 7) is 12.6. The largest absolute Gasteiger partial charge is 0.486 e. The molecule has 0 bridgehead atoms. The van der Waals surface area contributed by atoms with E-state index < -0.39 is 0 Å². The molecule has 2 N–H and O–H groups in total. The summed E-state index contributed by atoms with van der Waals surface area (Å²) in [6, 6.07) is 28.1. The summed E-state index contributed by atoms with van der Waals surface area (Å²) in [5.74, 6) is 3.66. The lowest BCUT2D eigenvalue weighted by atomic mass is 10.1. The van der Waals surface area contributed by atoms with E-state index in [1.54, 1.807) is 0 Å². The van der Waals surface area contributed by atoms with E-state index in [2.05, 4.69) is 38.8 Å². The Hall–Kier alpha value is -3.80. The Morgan fingerprint density at radius 2 is 1.11 bits per heavy atom. The number of benzene rings is 3. The summed E-state index contributed by atoms with van der Waals surface area (Å²) < 4.78 is 11.4. The van der Waals surface area contributed by atoms with Crippen LogP contribution in [0.2, 0.25) is 0 Å². The number of hydrogen-bond donors (Lipinski definition) is 2. The summed E-state index contributed by atoms with van der Waals surface area (Å²) in [7, 11) is 0. The number of nitrogens with zero attached hydrogens (tertiary/aromatic N) is 2. The molecule has 2 aliphatic heterocycles. The highest BCUT2D eigenvalue weighted by atomic mass is 16.5. The molecule has 0 aliphatic carbocycles. The third-order valence-electron chi connectivity index (χ3n) is 4.94. The van der Waals surface area contributed by atoms with Crippen molar-refractivity contribution in [2.75, 3.05) is 39.4 Å². The lowest BCUT2D eigenvalue weighted by Crippen LogP contribution is -2.24. The van der Waals surface area contributed by atoms with E-state index in [9.17, 15) is 0 Å². The Balaban J connectivity index is 0.000000235. The molecular formula is C30H40N4O2. The van der Waals surface area contributed by atoms with Crippen molar-refractivity contribution >= 4 is 11.7 Å². The monoisotopic (exact) mass is 488 g/mol. The first-order valence-corrected chi connectivity index (χ1v) is 12.9. The van der Waals surface area contributed by atoms with Crippen LogP contribution in [0.5, 0.6) is 11.5 Å². The standard InChI is InChI=1S/C16H16N2O.C10H12N2O.2C2H6/c1-2-6-13(7-3-1)14-8-4-5-9-15(14)19-12-16-17-10-11-18-16;1-2-4-9(5-3-1)13-8-10-11-6-7-12-10;2*1-2/h1-9H,10-12H2,(H,17,18);1-5H,6-8H2,(H,11,12);2*1-2H3. The van der Waals surface area contributed by atoms with Crippen LogP contribution in [0.1, 0.15) is 27.7 Å². The van der Waals surface area contributed by atoms with E-state index >= 15 is 0 Å². The Morgan fingerprint density at radius 1 is 0.611 bits per heavy atom. The highest BCUT2D eigenvalue weighted by Crippen LogP contribution is 2.29. The fourth-order valence-corrected chi connectivity index (χ4v) is 3.35. The maximum absolute atomic E-state index is 5.88. The maximum Gasteiger partial charge on any atom is 0.145 e. The molecule has 0 aromatic heterocycles. The van der Waals surface area contributed by atoms with Crippen molar-refractivity contribution in [2.24, 2.45) is 9.98 Å². The van der Waals surface area contributed by atoms with Gasteiger partial charge in [-0.05, 0) is 23.8 Å². The van der Waals surface area contributed by atoms with Crippen LogP contribution < -0.4 is 20.1 Å². The number of hydrogen-bond acceptors (Lipinski definition) is 6. The second-order valence-electron chi connectivity index (χ2n) is 7.26. The first-order valence-electron chi connectivity index (χ1n) is 12.9. The molecule has 5 rings (SSSR count). The van der Waals surface area contributed by atoms with Crippen molar-refractivity contribution in [3.63, 3.8) is 0 Å². The Morgan fingerprint density at radius 3 is 1.67 bits per heavy atom. The molecule has 2 heterocycles. The van der Waals surface area contributed by atoms with Gasteiger partial charge in [-0.15, -0.1) is 0 Å². The van der Waals surface area contributed by atoms with E-state index in [0.29, 0.717) is 13.2 Å². The molecule has 0 amide bonds. The average molecular weight is 489 g/mol. The number of para-hydroxylation sites is 2. The molecule has 0 fully saturated rings. The van der Waals surface area contributed by atoms with Crippen LogP contribution in [0.3, 0.4) is 0 Å². The van der Waals surface area contributed by atoms with Gasteiger partial charge in [0.15, 0.2) is 0 Å². The Labute approximate surface area is 216 Å². The first-order chi connectivity index (χ1) is 17.9. The molecule has 0 atom stereocenters. The highest BCUT2D eigenvalue weighted by Gasteiger charge is 2.09. The normalized spacial score (nSPS) is 13.0. The average Bonchev–Trinajstić information content (AvgIpc) is 3.70. The van der Waals surface area contributed by atoms with Crippen LogP contribution >= 0.6 is 0 Å². The van der Waals surface area contributed by atoms with E-state index in [0.717, 1.165) is 54.9 Å². The maximum atomic E-state index is 5.88. The van der Waals surface area contributed by atoms with Crippen molar-refractivity contribution < 1.29 is 9.47 Å². The molecule has 6 heteroatoms. The molecule has 6 nitrogen and oxygen atoms in total. The fourth-order valence-electron chi connectivity index (χ4n) is 3.35. The highest BCUT2D eigenvalue weighted by molar-refractivity contribution is 5.85. The third-order valence-corrected chi connectivity index (χ3v) is 4.94. The lowest BCUT2D eigenvalue weighted by Gasteiger charge is -2.11. The van der Waals surface area contributed by atoms with Crippen LogP contribution in [0, 0.1) is 0 Å². The summed E-state index contributed by atoms with van der Waals surface area (Å²) in [5, 5.41) is 6.36. The molecule has 192 valence electrons. The second-order valence-corrected chi connectivity index (χ2v) is 7.26. The van der Waals surface area contributed by atoms with E-state index in [4.69, 9.17) is 9.47 Å². The molecule has 0 saturated heterocycles. The van der Waals surface area contributed by atoms with Gasteiger partial charge in [0.05, 0.1) is 13.1 Å². The topological polar surface area (TPSA) is 67.2 Å². The van der Waals surface area contributed by atoms with Gasteiger partial charge in [-0.3, -0.25) is 9.98 Å². The zero-order valence-electron chi connectivity index (χ0n) is 22.0. The van der Waals surface area contributed by atoms with Crippen molar-refractivity contribution in [3.05, 3.63) is 84.9 Å². The van der Waals surface area contributed by atoms with Crippen molar-refractivity contribution in [2.45, 2.75) is 27.7 Å². The number of rotatable bonds is 7. The van der Waals surface area contributed by atoms with Gasteiger partial charge in [0, 0.05) is 18.7 Å². The molecule has 0 radical (unpaired) electrons. The number of nitrogens with one attached hydrogen (secondary N) is 2. The van der Waals surface area contributed by atoms with Gasteiger partial charge in [-0.1, -0.05) is 94.4 Å². The summed E-state index contributed by atoms with van der Waals surface area (Å²) in [6.07, 6.45) is 0. The molecule has 0 saturated carbocycles. The zero-order chi connectivity index (χ0) is 25.8. The summed E-state index contributed by atoms with van der Waals surface area (Å²) in [5.41, 5.74) is 2.28. The lowest BCUT2D eigenvalue weighted by molar-refractivity contribution is 0.373. The number of ether oxygens (including phenoxy) is 2.